The van der Waals surface area contributed by atoms with Gasteiger partial charge in [-0.1, -0.05) is 17.7 Å². The lowest BCUT2D eigenvalue weighted by atomic mass is 9.81. The number of hydrogen-bond donors (Lipinski definition) is 3. The summed E-state index contributed by atoms with van der Waals surface area (Å²) in [5.41, 5.74) is 3.94. The lowest BCUT2D eigenvalue weighted by molar-refractivity contribution is -0.196. The van der Waals surface area contributed by atoms with Gasteiger partial charge in [-0.25, -0.2) is 13.6 Å². The second-order valence-electron chi connectivity index (χ2n) is 11.8. The van der Waals surface area contributed by atoms with Gasteiger partial charge in [0.2, 0.25) is 17.7 Å². The summed E-state index contributed by atoms with van der Waals surface area (Å²) in [4.78, 5) is 55.4. The fraction of sp³-hybridized carbons (Fsp3) is 0.571. The number of carbonyl (C=O) groups excluding carboxylic acids is 4. The highest BCUT2D eigenvalue weighted by Crippen LogP contribution is 2.35. The molecule has 15 heteroatoms. The molecule has 1 aromatic rings. The number of nitrogens with one attached hydrogen (secondary N) is 3. The van der Waals surface area contributed by atoms with Crippen LogP contribution in [0.25, 0.3) is 0 Å². The maximum absolute atomic E-state index is 14.3. The first-order valence-electron chi connectivity index (χ1n) is 14.0. The van der Waals surface area contributed by atoms with Gasteiger partial charge in [0, 0.05) is 24.6 Å². The summed E-state index contributed by atoms with van der Waals surface area (Å²) in [6.07, 6.45) is 1.21. The van der Waals surface area contributed by atoms with E-state index in [2.05, 4.69) is 22.4 Å². The third-order valence-corrected chi connectivity index (χ3v) is 9.74. The highest BCUT2D eigenvalue weighted by atomic mass is 35.5. The molecular formula is C28H39ClF2N4O7Si. The van der Waals surface area contributed by atoms with Crippen molar-refractivity contribution in [2.75, 3.05) is 12.8 Å². The fourth-order valence-corrected chi connectivity index (χ4v) is 7.38. The van der Waals surface area contributed by atoms with Gasteiger partial charge >= 0.3 is 6.09 Å². The molecular weight excluding hydrogens is 606 g/mol. The Morgan fingerprint density at radius 3 is 2.47 bits per heavy atom. The van der Waals surface area contributed by atoms with E-state index < -0.39 is 68.1 Å². The Kier molecular flexibility index (Phi) is 11.5. The minimum absolute atomic E-state index is 0.0256. The van der Waals surface area contributed by atoms with E-state index in [-0.39, 0.29) is 36.4 Å². The van der Waals surface area contributed by atoms with Gasteiger partial charge in [0.05, 0.1) is 11.1 Å². The number of alkyl halides is 1. The van der Waals surface area contributed by atoms with Crippen LogP contribution in [0.3, 0.4) is 0 Å². The zero-order valence-electron chi connectivity index (χ0n) is 24.7. The average Bonchev–Trinajstić information content (AvgIpc) is 2.88. The minimum Gasteiger partial charge on any atom is -0.484 e. The van der Waals surface area contributed by atoms with Crippen molar-refractivity contribution >= 4 is 44.4 Å². The quantitative estimate of drug-likeness (QED) is 0.202. The van der Waals surface area contributed by atoms with Crippen molar-refractivity contribution in [3.63, 3.8) is 0 Å². The predicted octanol–water partition coefficient (Wildman–Crippen LogP) is 3.45. The van der Waals surface area contributed by atoms with Crippen molar-refractivity contribution in [3.05, 3.63) is 41.7 Å². The molecule has 11 nitrogen and oxygen atoms in total. The van der Waals surface area contributed by atoms with Crippen LogP contribution in [-0.2, 0) is 23.9 Å². The molecule has 0 radical (unpaired) electrons. The number of hydrazine groups is 1. The molecule has 3 N–H and O–H groups in total. The van der Waals surface area contributed by atoms with E-state index in [1.807, 2.05) is 0 Å². The Balaban J connectivity index is 1.53. The van der Waals surface area contributed by atoms with E-state index in [0.29, 0.717) is 18.9 Å². The summed E-state index contributed by atoms with van der Waals surface area (Å²) in [7, 11) is -2.14. The van der Waals surface area contributed by atoms with Crippen LogP contribution >= 0.6 is 11.6 Å². The highest BCUT2D eigenvalue weighted by molar-refractivity contribution is 6.59. The molecule has 43 heavy (non-hydrogen) atoms. The topological polar surface area (TPSA) is 135 Å². The normalized spacial score (nSPS) is 23.2. The fourth-order valence-electron chi connectivity index (χ4n) is 4.71. The number of halogens is 3. The lowest BCUT2D eigenvalue weighted by Crippen LogP contribution is -2.62. The first kappa shape index (κ1) is 34.3. The van der Waals surface area contributed by atoms with Gasteiger partial charge in [-0.2, -0.15) is 0 Å². The molecule has 0 bridgehead atoms. The van der Waals surface area contributed by atoms with E-state index in [4.69, 9.17) is 25.8 Å². The number of nitrogens with zero attached hydrogens (tertiary/aromatic N) is 1. The maximum Gasteiger partial charge on any atom is 0.410 e. The Bertz CT molecular complexity index is 1210. The van der Waals surface area contributed by atoms with Gasteiger partial charge in [-0.3, -0.25) is 30.1 Å². The van der Waals surface area contributed by atoms with Gasteiger partial charge in [-0.05, 0) is 65.1 Å². The molecule has 1 saturated carbocycles. The maximum atomic E-state index is 14.3. The zero-order chi connectivity index (χ0) is 31.9. The Hall–Kier alpha value is -3.23. The summed E-state index contributed by atoms with van der Waals surface area (Å²) in [5.74, 6) is -4.38. The summed E-state index contributed by atoms with van der Waals surface area (Å²) in [6.45, 7) is 9.50. The first-order valence-corrected chi connectivity index (χ1v) is 16.6. The van der Waals surface area contributed by atoms with E-state index in [9.17, 15) is 28.0 Å². The monoisotopic (exact) mass is 644 g/mol. The second-order valence-corrected chi connectivity index (χ2v) is 14.9. The smallest absolute Gasteiger partial charge is 0.410 e. The molecule has 3 atom stereocenters. The Morgan fingerprint density at radius 2 is 1.84 bits per heavy atom. The molecule has 1 heterocycles. The van der Waals surface area contributed by atoms with Gasteiger partial charge in [0.1, 0.15) is 23.2 Å². The SMILES string of the molecule is C=CCC(C)(F)O[C@H]1C[C@@H](C(=O)NNC(=O)[C@H]2CC[Si@H](NC(=O)COc3ccc(Cl)c(F)c3)CN2C(=O)OC(C)(C)C)C1. The van der Waals surface area contributed by atoms with Crippen molar-refractivity contribution in [1.82, 2.24) is 20.7 Å². The molecule has 4 amide bonds. The molecule has 3 rings (SSSR count). The van der Waals surface area contributed by atoms with Crippen molar-refractivity contribution in [2.45, 2.75) is 83.0 Å². The number of amides is 4. The zero-order valence-corrected chi connectivity index (χ0v) is 26.6. The van der Waals surface area contributed by atoms with Crippen LogP contribution < -0.4 is 20.6 Å². The molecule has 2 aliphatic rings. The first-order chi connectivity index (χ1) is 20.1. The minimum atomic E-state index is -2.14. The Labute approximate surface area is 256 Å². The largest absolute Gasteiger partial charge is 0.484 e. The molecule has 1 unspecified atom stereocenters. The van der Waals surface area contributed by atoms with Gasteiger partial charge in [0.15, 0.2) is 15.6 Å². The van der Waals surface area contributed by atoms with Crippen LogP contribution in [0.1, 0.15) is 53.4 Å². The standard InChI is InChI=1S/C28H39ClF2N4O7Si/c1-6-10-28(5,31)41-19-12-17(13-19)24(37)32-33-25(38)22-9-11-43(16-35(22)26(39)42-27(2,3)4)34-23(36)15-40-18-7-8-20(29)21(30)14-18/h6-8,14,17,19,22,43H,1,9-13,15-16H2,2-5H3,(H,32,37)(H,33,38)(H,34,36)/t17-,19+,22-,28?,43+/m1/s1. The summed E-state index contributed by atoms with van der Waals surface area (Å²) >= 11 is 5.66. The number of rotatable bonds is 10. The van der Waals surface area contributed by atoms with Crippen molar-refractivity contribution in [3.8, 4) is 5.75 Å². The van der Waals surface area contributed by atoms with Crippen molar-refractivity contribution < 1.29 is 42.2 Å². The second kappa shape index (κ2) is 14.5. The number of carbonyl (C=O) groups is 4. The van der Waals surface area contributed by atoms with Gasteiger partial charge in [0.25, 0.3) is 5.91 Å². The molecule has 2 fully saturated rings. The summed E-state index contributed by atoms with van der Waals surface area (Å²) in [5, 5.41) is -0.0706. The van der Waals surface area contributed by atoms with Gasteiger partial charge < -0.3 is 19.2 Å². The molecule has 0 spiro atoms. The number of hydrogen-bond acceptors (Lipinski definition) is 7. The Morgan fingerprint density at radius 1 is 1.16 bits per heavy atom. The van der Waals surface area contributed by atoms with E-state index in [1.54, 1.807) is 20.8 Å². The van der Waals surface area contributed by atoms with Gasteiger partial charge in [-0.15, -0.1) is 6.58 Å². The van der Waals surface area contributed by atoms with E-state index in [1.165, 1.54) is 30.0 Å². The average molecular weight is 645 g/mol. The van der Waals surface area contributed by atoms with Crippen molar-refractivity contribution in [1.29, 1.82) is 0 Å². The lowest BCUT2D eigenvalue weighted by Gasteiger charge is -2.39. The van der Waals surface area contributed by atoms with E-state index >= 15 is 0 Å². The van der Waals surface area contributed by atoms with Crippen LogP contribution in [0.4, 0.5) is 13.6 Å². The number of ether oxygens (including phenoxy) is 3. The number of benzene rings is 1. The highest BCUT2D eigenvalue weighted by Gasteiger charge is 2.42. The molecule has 1 aliphatic heterocycles. The van der Waals surface area contributed by atoms with Crippen molar-refractivity contribution in [2.24, 2.45) is 5.92 Å². The molecule has 1 aromatic carbocycles. The van der Waals surface area contributed by atoms with Crippen LogP contribution in [0.2, 0.25) is 11.1 Å². The van der Waals surface area contributed by atoms with Crippen LogP contribution in [0.15, 0.2) is 30.9 Å². The predicted molar refractivity (Wildman–Crippen MR) is 157 cm³/mol. The summed E-state index contributed by atoms with van der Waals surface area (Å²) in [6, 6.07) is 3.34. The van der Waals surface area contributed by atoms with Crippen LogP contribution in [0.5, 0.6) is 5.75 Å². The molecule has 0 aromatic heterocycles. The van der Waals surface area contributed by atoms with Crippen LogP contribution in [-0.4, -0.2) is 74.0 Å². The molecule has 238 valence electrons. The van der Waals surface area contributed by atoms with E-state index in [0.717, 1.165) is 6.07 Å². The summed E-state index contributed by atoms with van der Waals surface area (Å²) < 4.78 is 44.1. The third-order valence-electron chi connectivity index (χ3n) is 6.83. The molecule has 1 aliphatic carbocycles. The molecule has 1 saturated heterocycles. The third kappa shape index (κ3) is 10.5. The van der Waals surface area contributed by atoms with Crippen LogP contribution in [0, 0.1) is 11.7 Å².